The van der Waals surface area contributed by atoms with E-state index in [-0.39, 0.29) is 17.3 Å². The molecule has 3 aromatic rings. The van der Waals surface area contributed by atoms with Gasteiger partial charge in [0, 0.05) is 36.5 Å². The predicted molar refractivity (Wildman–Crippen MR) is 103 cm³/mol. The normalized spacial score (nSPS) is 11.0. The molecule has 0 heterocycles. The lowest BCUT2D eigenvalue weighted by molar-refractivity contribution is -0.384. The van der Waals surface area contributed by atoms with Crippen molar-refractivity contribution in [2.24, 2.45) is 4.99 Å². The highest BCUT2D eigenvalue weighted by Gasteiger charge is 2.14. The molecule has 1 N–H and O–H groups in total. The monoisotopic (exact) mass is 364 g/mol. The third kappa shape index (κ3) is 4.17. The average Bonchev–Trinajstić information content (AvgIpc) is 2.66. The molecule has 27 heavy (non-hydrogen) atoms. The van der Waals surface area contributed by atoms with Crippen LogP contribution in [0.25, 0.3) is 11.1 Å². The topological polar surface area (TPSA) is 75.7 Å². The van der Waals surface area contributed by atoms with Crippen molar-refractivity contribution in [3.8, 4) is 16.9 Å². The van der Waals surface area contributed by atoms with E-state index in [1.54, 1.807) is 43.4 Å². The van der Waals surface area contributed by atoms with E-state index in [1.165, 1.54) is 30.5 Å². The zero-order valence-electron chi connectivity index (χ0n) is 14.6. The third-order valence-electron chi connectivity index (χ3n) is 4.16. The Hall–Kier alpha value is -3.54. The maximum atomic E-state index is 13.1. The van der Waals surface area contributed by atoms with Gasteiger partial charge in [-0.25, -0.2) is 4.39 Å². The van der Waals surface area contributed by atoms with Crippen LogP contribution in [0, 0.1) is 15.9 Å². The minimum atomic E-state index is -0.475. The highest BCUT2D eigenvalue weighted by Crippen LogP contribution is 2.35. The van der Waals surface area contributed by atoms with Crippen LogP contribution in [0.2, 0.25) is 0 Å². The lowest BCUT2D eigenvalue weighted by Crippen LogP contribution is -1.95. The number of non-ortho nitro benzene ring substituents is 1. The van der Waals surface area contributed by atoms with E-state index >= 15 is 0 Å². The number of aliphatic imine (C=N–C) groups is 1. The van der Waals surface area contributed by atoms with Gasteiger partial charge < -0.3 is 5.11 Å². The number of nitro groups is 1. The third-order valence-corrected chi connectivity index (χ3v) is 4.16. The SMILES string of the molecule is CN=Cc1cc(Cc2ccc(F)cc2)cc(-c2cccc([N+](=O)[O-])c2)c1O. The van der Waals surface area contributed by atoms with Gasteiger partial charge in [0.15, 0.2) is 0 Å². The summed E-state index contributed by atoms with van der Waals surface area (Å²) in [4.78, 5) is 14.6. The van der Waals surface area contributed by atoms with E-state index in [1.807, 2.05) is 0 Å². The molecule has 0 aromatic heterocycles. The van der Waals surface area contributed by atoms with Gasteiger partial charge in [0.25, 0.3) is 5.69 Å². The van der Waals surface area contributed by atoms with Gasteiger partial charge in [0.2, 0.25) is 0 Å². The fraction of sp³-hybridized carbons (Fsp3) is 0.0952. The Kier molecular flexibility index (Phi) is 5.26. The van der Waals surface area contributed by atoms with Crippen molar-refractivity contribution < 1.29 is 14.4 Å². The van der Waals surface area contributed by atoms with Crippen molar-refractivity contribution in [3.05, 3.63) is 93.3 Å². The molecule has 3 aromatic carbocycles. The Morgan fingerprint density at radius 3 is 2.52 bits per heavy atom. The molecule has 6 heteroatoms. The Morgan fingerprint density at radius 1 is 1.11 bits per heavy atom. The average molecular weight is 364 g/mol. The molecule has 0 fully saturated rings. The molecule has 0 bridgehead atoms. The van der Waals surface area contributed by atoms with E-state index in [9.17, 15) is 19.6 Å². The summed E-state index contributed by atoms with van der Waals surface area (Å²) in [6.07, 6.45) is 2.05. The van der Waals surface area contributed by atoms with Gasteiger partial charge in [-0.15, -0.1) is 0 Å². The van der Waals surface area contributed by atoms with Crippen LogP contribution in [-0.4, -0.2) is 23.3 Å². The van der Waals surface area contributed by atoms with E-state index in [0.717, 1.165) is 11.1 Å². The van der Waals surface area contributed by atoms with E-state index < -0.39 is 4.92 Å². The second-order valence-corrected chi connectivity index (χ2v) is 6.08. The number of rotatable bonds is 5. The van der Waals surface area contributed by atoms with Gasteiger partial charge in [-0.05, 0) is 47.4 Å². The van der Waals surface area contributed by atoms with E-state index in [0.29, 0.717) is 23.1 Å². The van der Waals surface area contributed by atoms with E-state index in [2.05, 4.69) is 4.99 Å². The number of hydrogen-bond donors (Lipinski definition) is 1. The van der Waals surface area contributed by atoms with Crippen LogP contribution in [0.1, 0.15) is 16.7 Å². The van der Waals surface area contributed by atoms with Gasteiger partial charge in [-0.3, -0.25) is 15.1 Å². The zero-order chi connectivity index (χ0) is 19.4. The maximum absolute atomic E-state index is 13.1. The Bertz CT molecular complexity index is 1010. The number of hydrogen-bond acceptors (Lipinski definition) is 4. The molecule has 5 nitrogen and oxygen atoms in total. The predicted octanol–water partition coefficient (Wildman–Crippen LogP) is 4.75. The first-order chi connectivity index (χ1) is 13.0. The molecule has 0 atom stereocenters. The van der Waals surface area contributed by atoms with Crippen LogP contribution in [0.3, 0.4) is 0 Å². The summed E-state index contributed by atoms with van der Waals surface area (Å²) in [6.45, 7) is 0. The quantitative estimate of drug-likeness (QED) is 0.403. The maximum Gasteiger partial charge on any atom is 0.270 e. The molecule has 0 aliphatic carbocycles. The Labute approximate surface area is 155 Å². The second-order valence-electron chi connectivity index (χ2n) is 6.08. The highest BCUT2D eigenvalue weighted by molar-refractivity contribution is 5.89. The number of benzene rings is 3. The number of phenols is 1. The van der Waals surface area contributed by atoms with Crippen LogP contribution in [0.15, 0.2) is 65.7 Å². The number of phenolic OH excluding ortho intramolecular Hbond substituents is 1. The summed E-state index contributed by atoms with van der Waals surface area (Å²) in [5.74, 6) is -0.301. The molecule has 3 rings (SSSR count). The molecule has 0 unspecified atom stereocenters. The summed E-state index contributed by atoms with van der Waals surface area (Å²) in [6, 6.07) is 15.9. The largest absolute Gasteiger partial charge is 0.507 e. The van der Waals surface area contributed by atoms with Gasteiger partial charge in [0.05, 0.1) is 4.92 Å². The molecule has 0 saturated heterocycles. The summed E-state index contributed by atoms with van der Waals surface area (Å²) in [5, 5.41) is 21.7. The lowest BCUT2D eigenvalue weighted by Gasteiger charge is -2.12. The number of halogens is 1. The summed E-state index contributed by atoms with van der Waals surface area (Å²) < 4.78 is 13.1. The molecule has 0 radical (unpaired) electrons. The standard InChI is InChI=1S/C21H17FN2O3/c1-23-13-17-10-15(9-14-5-7-18(22)8-6-14)11-20(21(17)25)16-3-2-4-19(12-16)24(26)27/h2-8,10-13,25H,9H2,1H3. The Balaban J connectivity index is 2.09. The van der Waals surface area contributed by atoms with Gasteiger partial charge in [0.1, 0.15) is 11.6 Å². The van der Waals surface area contributed by atoms with Gasteiger partial charge in [-0.1, -0.05) is 24.3 Å². The molecule has 0 spiro atoms. The van der Waals surface area contributed by atoms with Crippen molar-refractivity contribution in [1.29, 1.82) is 0 Å². The minimum Gasteiger partial charge on any atom is -0.507 e. The van der Waals surface area contributed by atoms with Crippen molar-refractivity contribution in [1.82, 2.24) is 0 Å². The van der Waals surface area contributed by atoms with Crippen molar-refractivity contribution in [3.63, 3.8) is 0 Å². The molecular formula is C21H17FN2O3. The van der Waals surface area contributed by atoms with Crippen molar-refractivity contribution >= 4 is 11.9 Å². The van der Waals surface area contributed by atoms with Gasteiger partial charge in [-0.2, -0.15) is 0 Å². The first-order valence-electron chi connectivity index (χ1n) is 8.25. The smallest absolute Gasteiger partial charge is 0.270 e. The Morgan fingerprint density at radius 2 is 1.85 bits per heavy atom. The number of aromatic hydroxyl groups is 1. The first-order valence-corrected chi connectivity index (χ1v) is 8.25. The summed E-state index contributed by atoms with van der Waals surface area (Å²) >= 11 is 0. The lowest BCUT2D eigenvalue weighted by atomic mass is 9.95. The number of nitrogens with zero attached hydrogens (tertiary/aromatic N) is 2. The molecule has 0 aliphatic rings. The molecular weight excluding hydrogens is 347 g/mol. The highest BCUT2D eigenvalue weighted by atomic mass is 19.1. The minimum absolute atomic E-state index is 0.00366. The van der Waals surface area contributed by atoms with Crippen molar-refractivity contribution in [2.75, 3.05) is 7.05 Å². The molecule has 136 valence electrons. The first kappa shape index (κ1) is 18.3. The second kappa shape index (κ2) is 7.78. The van der Waals surface area contributed by atoms with E-state index in [4.69, 9.17) is 0 Å². The zero-order valence-corrected chi connectivity index (χ0v) is 14.6. The summed E-state index contributed by atoms with van der Waals surface area (Å²) in [5.41, 5.74) is 3.25. The fourth-order valence-corrected chi connectivity index (χ4v) is 2.90. The summed E-state index contributed by atoms with van der Waals surface area (Å²) in [7, 11) is 1.60. The molecule has 0 amide bonds. The van der Waals surface area contributed by atoms with Crippen LogP contribution in [-0.2, 0) is 6.42 Å². The van der Waals surface area contributed by atoms with Crippen molar-refractivity contribution in [2.45, 2.75) is 6.42 Å². The molecule has 0 saturated carbocycles. The van der Waals surface area contributed by atoms with Crippen LogP contribution in [0.5, 0.6) is 5.75 Å². The van der Waals surface area contributed by atoms with Crippen LogP contribution in [0.4, 0.5) is 10.1 Å². The van der Waals surface area contributed by atoms with Crippen LogP contribution < -0.4 is 0 Å². The molecule has 0 aliphatic heterocycles. The number of nitro benzene ring substituents is 1. The van der Waals surface area contributed by atoms with Crippen LogP contribution >= 0.6 is 0 Å². The fourth-order valence-electron chi connectivity index (χ4n) is 2.90. The van der Waals surface area contributed by atoms with Gasteiger partial charge >= 0.3 is 0 Å².